The zero-order chi connectivity index (χ0) is 18.8. The van der Waals surface area contributed by atoms with Gasteiger partial charge < -0.3 is 10.1 Å². The van der Waals surface area contributed by atoms with Crippen LogP contribution in [-0.2, 0) is 17.8 Å². The monoisotopic (exact) mass is 383 g/mol. The highest BCUT2D eigenvalue weighted by Gasteiger charge is 2.17. The van der Waals surface area contributed by atoms with Gasteiger partial charge in [-0.15, -0.1) is 11.3 Å². The molecule has 1 aliphatic rings. The van der Waals surface area contributed by atoms with Gasteiger partial charge >= 0.3 is 0 Å². The second-order valence-corrected chi connectivity index (χ2v) is 8.20. The normalized spacial score (nSPS) is 15.4. The van der Waals surface area contributed by atoms with Crippen LogP contribution in [0.5, 0.6) is 0 Å². The van der Waals surface area contributed by atoms with Crippen molar-refractivity contribution in [3.63, 3.8) is 0 Å². The van der Waals surface area contributed by atoms with Gasteiger partial charge in [-0.3, -0.25) is 9.88 Å². The fraction of sp³-hybridized carbons (Fsp3) is 0.450. The van der Waals surface area contributed by atoms with Gasteiger partial charge in [-0.05, 0) is 43.5 Å². The molecule has 1 N–H and O–H groups in total. The van der Waals surface area contributed by atoms with Crippen molar-refractivity contribution < 1.29 is 4.74 Å². The van der Waals surface area contributed by atoms with Gasteiger partial charge in [0, 0.05) is 36.9 Å². The van der Waals surface area contributed by atoms with E-state index in [1.54, 1.807) is 11.3 Å². The van der Waals surface area contributed by atoms with Crippen LogP contribution in [-0.4, -0.2) is 46.2 Å². The lowest BCUT2D eigenvalue weighted by atomic mass is 10.1. The Morgan fingerprint density at radius 3 is 2.78 bits per heavy atom. The quantitative estimate of drug-likeness (QED) is 0.728. The molecule has 0 unspecified atom stereocenters. The number of morpholine rings is 1. The van der Waals surface area contributed by atoms with E-state index in [0.717, 1.165) is 61.3 Å². The Labute approximate surface area is 163 Å². The molecule has 6 nitrogen and oxygen atoms in total. The molecule has 4 heterocycles. The minimum atomic E-state index is 0.728. The Kier molecular flexibility index (Phi) is 5.33. The van der Waals surface area contributed by atoms with Crippen LogP contribution in [0, 0.1) is 20.8 Å². The van der Waals surface area contributed by atoms with E-state index in [0.29, 0.717) is 0 Å². The van der Waals surface area contributed by atoms with E-state index in [1.807, 2.05) is 12.4 Å². The Morgan fingerprint density at radius 1 is 1.19 bits per heavy atom. The zero-order valence-electron chi connectivity index (χ0n) is 16.1. The predicted octanol–water partition coefficient (Wildman–Crippen LogP) is 3.46. The maximum atomic E-state index is 5.45. The van der Waals surface area contributed by atoms with Gasteiger partial charge in [0.05, 0.1) is 25.1 Å². The number of rotatable bonds is 5. The molecule has 0 atom stereocenters. The third-order valence-electron chi connectivity index (χ3n) is 5.13. The number of aryl methyl sites for hydroxylation is 3. The van der Waals surface area contributed by atoms with E-state index in [4.69, 9.17) is 14.7 Å². The van der Waals surface area contributed by atoms with E-state index in [9.17, 15) is 0 Å². The van der Waals surface area contributed by atoms with Gasteiger partial charge in [-0.1, -0.05) is 0 Å². The standard InChI is InChI=1S/C20H25N5OS/c1-13-10-21-5-4-16(13)11-22-19-18-14(2)15(3)27-20(18)24-17(23-19)12-25-6-8-26-9-7-25/h4-5,10H,6-9,11-12H2,1-3H3,(H,22,23,24). The Balaban J connectivity index is 1.65. The maximum Gasteiger partial charge on any atom is 0.146 e. The molecule has 0 spiro atoms. The number of aromatic nitrogens is 3. The lowest BCUT2D eigenvalue weighted by molar-refractivity contribution is 0.0331. The van der Waals surface area contributed by atoms with Crippen LogP contribution >= 0.6 is 11.3 Å². The summed E-state index contributed by atoms with van der Waals surface area (Å²) < 4.78 is 5.45. The largest absolute Gasteiger partial charge is 0.379 e. The summed E-state index contributed by atoms with van der Waals surface area (Å²) in [5.41, 5.74) is 3.68. The molecule has 0 amide bonds. The summed E-state index contributed by atoms with van der Waals surface area (Å²) >= 11 is 1.75. The first-order valence-corrected chi connectivity index (χ1v) is 10.1. The van der Waals surface area contributed by atoms with Crippen molar-refractivity contribution in [1.29, 1.82) is 0 Å². The molecule has 0 aromatic carbocycles. The molecule has 0 aliphatic carbocycles. The Hall–Kier alpha value is -2.09. The molecule has 7 heteroatoms. The Bertz CT molecular complexity index is 949. The number of ether oxygens (including phenoxy) is 1. The molecule has 1 saturated heterocycles. The van der Waals surface area contributed by atoms with Crippen LogP contribution in [0.2, 0.25) is 0 Å². The van der Waals surface area contributed by atoms with Crippen molar-refractivity contribution in [2.75, 3.05) is 31.6 Å². The molecule has 142 valence electrons. The van der Waals surface area contributed by atoms with E-state index < -0.39 is 0 Å². The van der Waals surface area contributed by atoms with Gasteiger partial charge in [0.1, 0.15) is 16.5 Å². The molecule has 1 aliphatic heterocycles. The third kappa shape index (κ3) is 3.95. The highest BCUT2D eigenvalue weighted by Crippen LogP contribution is 2.33. The topological polar surface area (TPSA) is 63.2 Å². The van der Waals surface area contributed by atoms with Gasteiger partial charge in [-0.25, -0.2) is 9.97 Å². The van der Waals surface area contributed by atoms with Crippen molar-refractivity contribution in [3.05, 3.63) is 45.9 Å². The number of hydrogen-bond acceptors (Lipinski definition) is 7. The average molecular weight is 384 g/mol. The van der Waals surface area contributed by atoms with Gasteiger partial charge in [-0.2, -0.15) is 0 Å². The highest BCUT2D eigenvalue weighted by molar-refractivity contribution is 7.18. The van der Waals surface area contributed by atoms with Crippen molar-refractivity contribution in [2.24, 2.45) is 0 Å². The molecule has 0 radical (unpaired) electrons. The van der Waals surface area contributed by atoms with Crippen molar-refractivity contribution in [2.45, 2.75) is 33.9 Å². The zero-order valence-corrected chi connectivity index (χ0v) is 16.9. The van der Waals surface area contributed by atoms with Gasteiger partial charge in [0.2, 0.25) is 0 Å². The lowest BCUT2D eigenvalue weighted by Gasteiger charge is -2.25. The molecule has 3 aromatic heterocycles. The summed E-state index contributed by atoms with van der Waals surface area (Å²) in [4.78, 5) is 18.7. The van der Waals surface area contributed by atoms with Crippen LogP contribution in [0.25, 0.3) is 10.2 Å². The summed E-state index contributed by atoms with van der Waals surface area (Å²) in [5.74, 6) is 1.81. The minimum Gasteiger partial charge on any atom is -0.379 e. The lowest BCUT2D eigenvalue weighted by Crippen LogP contribution is -2.36. The van der Waals surface area contributed by atoms with Crippen LogP contribution in [0.1, 0.15) is 27.4 Å². The fourth-order valence-corrected chi connectivity index (χ4v) is 4.38. The molecular weight excluding hydrogens is 358 g/mol. The SMILES string of the molecule is Cc1cnccc1CNc1nc(CN2CCOCC2)nc2sc(C)c(C)c12. The molecular formula is C20H25N5OS. The first kappa shape index (κ1) is 18.3. The number of hydrogen-bond donors (Lipinski definition) is 1. The predicted molar refractivity (Wildman–Crippen MR) is 109 cm³/mol. The van der Waals surface area contributed by atoms with Crippen molar-refractivity contribution in [3.8, 4) is 0 Å². The fourth-order valence-electron chi connectivity index (χ4n) is 3.33. The van der Waals surface area contributed by atoms with Crippen LogP contribution < -0.4 is 5.32 Å². The van der Waals surface area contributed by atoms with E-state index in [2.05, 4.69) is 42.0 Å². The van der Waals surface area contributed by atoms with Crippen LogP contribution in [0.3, 0.4) is 0 Å². The first-order valence-electron chi connectivity index (χ1n) is 9.32. The number of fused-ring (bicyclic) bond motifs is 1. The number of pyridine rings is 1. The number of nitrogens with one attached hydrogen (secondary N) is 1. The molecule has 1 fully saturated rings. The van der Waals surface area contributed by atoms with E-state index in [-0.39, 0.29) is 0 Å². The number of nitrogens with zero attached hydrogens (tertiary/aromatic N) is 4. The summed E-state index contributed by atoms with van der Waals surface area (Å²) in [7, 11) is 0. The van der Waals surface area contributed by atoms with E-state index in [1.165, 1.54) is 21.6 Å². The highest BCUT2D eigenvalue weighted by atomic mass is 32.1. The number of thiophene rings is 1. The third-order valence-corrected chi connectivity index (χ3v) is 6.23. The molecule has 27 heavy (non-hydrogen) atoms. The van der Waals surface area contributed by atoms with Crippen LogP contribution in [0.4, 0.5) is 5.82 Å². The summed E-state index contributed by atoms with van der Waals surface area (Å²) in [6.07, 6.45) is 3.74. The summed E-state index contributed by atoms with van der Waals surface area (Å²) in [6.45, 7) is 11.3. The average Bonchev–Trinajstić information content (AvgIpc) is 2.96. The number of anilines is 1. The van der Waals surface area contributed by atoms with Gasteiger partial charge in [0.15, 0.2) is 0 Å². The summed E-state index contributed by atoms with van der Waals surface area (Å²) in [5, 5.41) is 4.71. The molecule has 3 aromatic rings. The molecule has 0 saturated carbocycles. The van der Waals surface area contributed by atoms with Crippen molar-refractivity contribution in [1.82, 2.24) is 19.9 Å². The first-order chi connectivity index (χ1) is 13.1. The molecule has 0 bridgehead atoms. The minimum absolute atomic E-state index is 0.728. The van der Waals surface area contributed by atoms with Crippen LogP contribution in [0.15, 0.2) is 18.5 Å². The van der Waals surface area contributed by atoms with Gasteiger partial charge in [0.25, 0.3) is 0 Å². The smallest absolute Gasteiger partial charge is 0.146 e. The Morgan fingerprint density at radius 2 is 2.00 bits per heavy atom. The van der Waals surface area contributed by atoms with Crippen molar-refractivity contribution >= 4 is 27.4 Å². The maximum absolute atomic E-state index is 5.45. The second kappa shape index (κ2) is 7.88. The van der Waals surface area contributed by atoms with E-state index >= 15 is 0 Å². The molecule has 4 rings (SSSR count). The summed E-state index contributed by atoms with van der Waals surface area (Å²) in [6, 6.07) is 2.06. The second-order valence-electron chi connectivity index (χ2n) is 7.00.